The van der Waals surface area contributed by atoms with E-state index >= 15 is 0 Å². The molecule has 0 saturated heterocycles. The van der Waals surface area contributed by atoms with Gasteiger partial charge in [-0.25, -0.2) is 9.18 Å². The number of amides is 1. The lowest BCUT2D eigenvalue weighted by Gasteiger charge is -2.07. The fourth-order valence-electron chi connectivity index (χ4n) is 1.55. The number of ether oxygens (including phenoxy) is 1. The van der Waals surface area contributed by atoms with Gasteiger partial charge in [-0.15, -0.1) is 0 Å². The smallest absolute Gasteiger partial charge is 0.410 e. The van der Waals surface area contributed by atoms with Crippen molar-refractivity contribution in [2.45, 2.75) is 6.92 Å². The second-order valence-electron chi connectivity index (χ2n) is 3.84. The van der Waals surface area contributed by atoms with E-state index in [-0.39, 0.29) is 0 Å². The summed E-state index contributed by atoms with van der Waals surface area (Å²) in [4.78, 5) is 11.5. The second-order valence-corrected chi connectivity index (χ2v) is 3.84. The quantitative estimate of drug-likeness (QED) is 0.875. The van der Waals surface area contributed by atoms with Gasteiger partial charge in [-0.2, -0.15) is 0 Å². The molecule has 3 nitrogen and oxygen atoms in total. The first kappa shape index (κ1) is 12.1. The Kier molecular flexibility index (Phi) is 3.57. The SMILES string of the molecule is Cc1cc(F)cc(NC(=O)Oc2ccccc2)c1. The summed E-state index contributed by atoms with van der Waals surface area (Å²) in [6.45, 7) is 1.75. The molecular weight excluding hydrogens is 233 g/mol. The minimum atomic E-state index is -0.647. The normalized spacial score (nSPS) is 9.89. The van der Waals surface area contributed by atoms with Crippen molar-refractivity contribution in [2.24, 2.45) is 0 Å². The molecule has 2 rings (SSSR count). The maximum absolute atomic E-state index is 13.1. The predicted octanol–water partition coefficient (Wildman–Crippen LogP) is 3.75. The third-order valence-corrected chi connectivity index (χ3v) is 2.24. The van der Waals surface area contributed by atoms with E-state index in [0.29, 0.717) is 11.4 Å². The molecule has 0 bridgehead atoms. The van der Waals surface area contributed by atoms with Gasteiger partial charge < -0.3 is 4.74 Å². The van der Waals surface area contributed by atoms with Crippen LogP contribution >= 0.6 is 0 Å². The summed E-state index contributed by atoms with van der Waals surface area (Å²) in [6, 6.07) is 12.9. The lowest BCUT2D eigenvalue weighted by Crippen LogP contribution is -2.16. The number of rotatable bonds is 2. The van der Waals surface area contributed by atoms with Gasteiger partial charge in [-0.3, -0.25) is 5.32 Å². The molecule has 0 aromatic heterocycles. The highest BCUT2D eigenvalue weighted by atomic mass is 19.1. The van der Waals surface area contributed by atoms with Crippen LogP contribution in [0.1, 0.15) is 5.56 Å². The third-order valence-electron chi connectivity index (χ3n) is 2.24. The summed E-state index contributed by atoms with van der Waals surface area (Å²) in [5, 5.41) is 2.47. The first-order valence-electron chi connectivity index (χ1n) is 5.44. The highest BCUT2D eigenvalue weighted by Crippen LogP contribution is 2.14. The van der Waals surface area contributed by atoms with E-state index in [2.05, 4.69) is 5.32 Å². The Balaban J connectivity index is 2.03. The van der Waals surface area contributed by atoms with Gasteiger partial charge in [0.2, 0.25) is 0 Å². The number of benzene rings is 2. The van der Waals surface area contributed by atoms with E-state index in [1.54, 1.807) is 37.3 Å². The van der Waals surface area contributed by atoms with Crippen LogP contribution < -0.4 is 10.1 Å². The molecule has 0 aliphatic rings. The summed E-state index contributed by atoms with van der Waals surface area (Å²) in [7, 11) is 0. The Hall–Kier alpha value is -2.36. The van der Waals surface area contributed by atoms with Gasteiger partial charge in [0.25, 0.3) is 0 Å². The first-order chi connectivity index (χ1) is 8.63. The minimum absolute atomic E-state index is 0.369. The largest absolute Gasteiger partial charge is 0.417 e. The summed E-state index contributed by atoms with van der Waals surface area (Å²) >= 11 is 0. The molecule has 0 unspecified atom stereocenters. The van der Waals surface area contributed by atoms with Crippen LogP contribution in [0.15, 0.2) is 48.5 Å². The Morgan fingerprint density at radius 3 is 2.56 bits per heavy atom. The number of nitrogens with one attached hydrogen (secondary N) is 1. The lowest BCUT2D eigenvalue weighted by atomic mass is 10.2. The number of aryl methyl sites for hydroxylation is 1. The van der Waals surface area contributed by atoms with E-state index in [1.807, 2.05) is 6.07 Å². The van der Waals surface area contributed by atoms with E-state index in [0.717, 1.165) is 5.56 Å². The first-order valence-corrected chi connectivity index (χ1v) is 5.44. The van der Waals surface area contributed by atoms with Crippen molar-refractivity contribution in [2.75, 3.05) is 5.32 Å². The van der Waals surface area contributed by atoms with Crippen molar-refractivity contribution in [3.8, 4) is 5.75 Å². The zero-order chi connectivity index (χ0) is 13.0. The maximum atomic E-state index is 13.1. The van der Waals surface area contributed by atoms with E-state index < -0.39 is 11.9 Å². The fraction of sp³-hybridized carbons (Fsp3) is 0.0714. The number of hydrogen-bond donors (Lipinski definition) is 1. The maximum Gasteiger partial charge on any atom is 0.417 e. The van der Waals surface area contributed by atoms with Crippen molar-refractivity contribution >= 4 is 11.8 Å². The molecule has 0 atom stereocenters. The molecule has 18 heavy (non-hydrogen) atoms. The second kappa shape index (κ2) is 5.31. The zero-order valence-electron chi connectivity index (χ0n) is 9.81. The fourth-order valence-corrected chi connectivity index (χ4v) is 1.55. The molecule has 4 heteroatoms. The standard InChI is InChI=1S/C14H12FNO2/c1-10-7-11(15)9-12(8-10)16-14(17)18-13-5-3-2-4-6-13/h2-9H,1H3,(H,16,17). The van der Waals surface area contributed by atoms with Gasteiger partial charge in [0, 0.05) is 5.69 Å². The lowest BCUT2D eigenvalue weighted by molar-refractivity contribution is 0.215. The number of hydrogen-bond acceptors (Lipinski definition) is 2. The Morgan fingerprint density at radius 2 is 1.89 bits per heavy atom. The van der Waals surface area contributed by atoms with Gasteiger partial charge >= 0.3 is 6.09 Å². The van der Waals surface area contributed by atoms with Gasteiger partial charge in [0.05, 0.1) is 0 Å². The summed E-state index contributed by atoms with van der Waals surface area (Å²) in [5.41, 5.74) is 1.10. The molecule has 0 aliphatic heterocycles. The van der Waals surface area contributed by atoms with Crippen molar-refractivity contribution in [1.82, 2.24) is 0 Å². The molecule has 1 N–H and O–H groups in total. The number of halogens is 1. The Bertz CT molecular complexity index is 535. The molecule has 0 aliphatic carbocycles. The van der Waals surface area contributed by atoms with Crippen molar-refractivity contribution < 1.29 is 13.9 Å². The van der Waals surface area contributed by atoms with Crippen LogP contribution in [-0.2, 0) is 0 Å². The van der Waals surface area contributed by atoms with E-state index in [9.17, 15) is 9.18 Å². The third kappa shape index (κ3) is 3.31. The predicted molar refractivity (Wildman–Crippen MR) is 67.2 cm³/mol. The molecule has 0 heterocycles. The Morgan fingerprint density at radius 1 is 1.17 bits per heavy atom. The van der Waals surface area contributed by atoms with Crippen LogP contribution in [0.2, 0.25) is 0 Å². The topological polar surface area (TPSA) is 38.3 Å². The summed E-state index contributed by atoms with van der Waals surface area (Å²) in [5.74, 6) is 0.0353. The number of carbonyl (C=O) groups excluding carboxylic acids is 1. The number of carbonyl (C=O) groups is 1. The highest BCUT2D eigenvalue weighted by Gasteiger charge is 2.06. The van der Waals surface area contributed by atoms with Crippen LogP contribution in [0, 0.1) is 12.7 Å². The molecule has 0 radical (unpaired) electrons. The van der Waals surface area contributed by atoms with Gasteiger partial charge in [-0.1, -0.05) is 18.2 Å². The van der Waals surface area contributed by atoms with Crippen LogP contribution in [0.25, 0.3) is 0 Å². The summed E-state index contributed by atoms with van der Waals surface area (Å²) in [6.07, 6.45) is -0.647. The van der Waals surface area contributed by atoms with E-state index in [1.165, 1.54) is 12.1 Å². The molecular formula is C14H12FNO2. The van der Waals surface area contributed by atoms with Crippen LogP contribution in [-0.4, -0.2) is 6.09 Å². The monoisotopic (exact) mass is 245 g/mol. The van der Waals surface area contributed by atoms with Crippen molar-refractivity contribution in [3.05, 3.63) is 59.9 Å². The molecule has 0 saturated carbocycles. The molecule has 1 amide bonds. The van der Waals surface area contributed by atoms with Crippen LogP contribution in [0.3, 0.4) is 0 Å². The van der Waals surface area contributed by atoms with Crippen LogP contribution in [0.5, 0.6) is 5.75 Å². The van der Waals surface area contributed by atoms with Gasteiger partial charge in [-0.05, 0) is 42.8 Å². The van der Waals surface area contributed by atoms with Crippen molar-refractivity contribution in [1.29, 1.82) is 0 Å². The molecule has 2 aromatic rings. The van der Waals surface area contributed by atoms with Crippen LogP contribution in [0.4, 0.5) is 14.9 Å². The number of anilines is 1. The highest BCUT2D eigenvalue weighted by molar-refractivity contribution is 5.86. The van der Waals surface area contributed by atoms with Crippen molar-refractivity contribution in [3.63, 3.8) is 0 Å². The molecule has 92 valence electrons. The summed E-state index contributed by atoms with van der Waals surface area (Å²) < 4.78 is 18.1. The average molecular weight is 245 g/mol. The van der Waals surface area contributed by atoms with E-state index in [4.69, 9.17) is 4.74 Å². The minimum Gasteiger partial charge on any atom is -0.410 e. The Labute approximate surface area is 104 Å². The molecule has 0 spiro atoms. The molecule has 2 aromatic carbocycles. The number of para-hydroxylation sites is 1. The van der Waals surface area contributed by atoms with Gasteiger partial charge in [0.1, 0.15) is 11.6 Å². The zero-order valence-corrected chi connectivity index (χ0v) is 9.81. The average Bonchev–Trinajstić information content (AvgIpc) is 2.28. The molecule has 0 fully saturated rings. The van der Waals surface area contributed by atoms with Gasteiger partial charge in [0.15, 0.2) is 0 Å².